The predicted molar refractivity (Wildman–Crippen MR) is 97.2 cm³/mol. The molecule has 1 fully saturated rings. The first kappa shape index (κ1) is 15.7. The molecular weight excluding hydrogens is 312 g/mol. The van der Waals surface area contributed by atoms with Crippen molar-refractivity contribution in [2.24, 2.45) is 5.92 Å². The van der Waals surface area contributed by atoms with Crippen LogP contribution in [0.25, 0.3) is 11.5 Å². The van der Waals surface area contributed by atoms with E-state index in [4.69, 9.17) is 0 Å². The maximum Gasteiger partial charge on any atom is 0.259 e. The molecule has 0 saturated carbocycles. The van der Waals surface area contributed by atoms with E-state index in [0.29, 0.717) is 11.5 Å². The number of amides is 1. The number of para-hydroxylation sites is 1. The smallest absolute Gasteiger partial charge is 0.259 e. The van der Waals surface area contributed by atoms with Crippen LogP contribution in [0, 0.1) is 5.92 Å². The van der Waals surface area contributed by atoms with Crippen molar-refractivity contribution in [3.05, 3.63) is 66.6 Å². The number of carbonyl (C=O) groups excluding carboxylic acids is 1. The molecule has 1 aliphatic heterocycles. The summed E-state index contributed by atoms with van der Waals surface area (Å²) in [4.78, 5) is 15.1. The van der Waals surface area contributed by atoms with E-state index in [2.05, 4.69) is 12.0 Å². The first-order valence-corrected chi connectivity index (χ1v) is 8.80. The third kappa shape index (κ3) is 2.97. The number of benzene rings is 1. The lowest BCUT2D eigenvalue weighted by atomic mass is 9.99. The van der Waals surface area contributed by atoms with Gasteiger partial charge >= 0.3 is 0 Å². The van der Waals surface area contributed by atoms with Crippen LogP contribution in [0.4, 0.5) is 0 Å². The minimum absolute atomic E-state index is 0.0674. The van der Waals surface area contributed by atoms with E-state index in [1.807, 2.05) is 69.0 Å². The van der Waals surface area contributed by atoms with E-state index in [1.54, 1.807) is 6.20 Å². The van der Waals surface area contributed by atoms with Crippen molar-refractivity contribution in [3.8, 4) is 11.5 Å². The highest BCUT2D eigenvalue weighted by atomic mass is 16.2. The third-order valence-corrected chi connectivity index (χ3v) is 4.89. The fourth-order valence-electron chi connectivity index (χ4n) is 3.36. The SMILES string of the molecule is CC1CCN(C(=O)c2cnn(-c3ccccc3)c2-n2cccc2)CC1. The Morgan fingerprint density at radius 2 is 1.72 bits per heavy atom. The molecule has 1 saturated heterocycles. The zero-order valence-electron chi connectivity index (χ0n) is 14.4. The van der Waals surface area contributed by atoms with Gasteiger partial charge in [0.2, 0.25) is 0 Å². The lowest BCUT2D eigenvalue weighted by molar-refractivity contribution is 0.0697. The van der Waals surface area contributed by atoms with Crippen molar-refractivity contribution in [2.45, 2.75) is 19.8 Å². The molecule has 25 heavy (non-hydrogen) atoms. The molecule has 0 aliphatic carbocycles. The Morgan fingerprint density at radius 1 is 1.04 bits per heavy atom. The highest BCUT2D eigenvalue weighted by Gasteiger charge is 2.26. The molecule has 5 heteroatoms. The van der Waals surface area contributed by atoms with Crippen molar-refractivity contribution in [2.75, 3.05) is 13.1 Å². The molecule has 0 atom stereocenters. The van der Waals surface area contributed by atoms with Crippen LogP contribution in [0.1, 0.15) is 30.1 Å². The van der Waals surface area contributed by atoms with Crippen molar-refractivity contribution in [1.29, 1.82) is 0 Å². The summed E-state index contributed by atoms with van der Waals surface area (Å²) in [5, 5.41) is 4.52. The molecule has 2 aromatic heterocycles. The Morgan fingerprint density at radius 3 is 2.40 bits per heavy atom. The van der Waals surface area contributed by atoms with Crippen molar-refractivity contribution in [1.82, 2.24) is 19.2 Å². The van der Waals surface area contributed by atoms with Crippen molar-refractivity contribution < 1.29 is 4.79 Å². The largest absolute Gasteiger partial charge is 0.338 e. The summed E-state index contributed by atoms with van der Waals surface area (Å²) < 4.78 is 3.79. The van der Waals surface area contributed by atoms with E-state index in [0.717, 1.165) is 37.4 Å². The van der Waals surface area contributed by atoms with Gasteiger partial charge in [-0.25, -0.2) is 4.68 Å². The van der Waals surface area contributed by atoms with Gasteiger partial charge in [-0.05, 0) is 43.0 Å². The summed E-state index contributed by atoms with van der Waals surface area (Å²) in [5.41, 5.74) is 1.59. The van der Waals surface area contributed by atoms with Crippen LogP contribution in [0.5, 0.6) is 0 Å². The van der Waals surface area contributed by atoms with Gasteiger partial charge in [0.05, 0.1) is 11.9 Å². The number of likely N-dealkylation sites (tertiary alicyclic amines) is 1. The van der Waals surface area contributed by atoms with Crippen LogP contribution in [-0.4, -0.2) is 38.2 Å². The molecule has 0 unspecified atom stereocenters. The van der Waals surface area contributed by atoms with Crippen molar-refractivity contribution >= 4 is 5.91 Å². The molecule has 0 N–H and O–H groups in total. The number of nitrogens with zero attached hydrogens (tertiary/aromatic N) is 4. The second-order valence-corrected chi connectivity index (χ2v) is 6.69. The Bertz CT molecular complexity index is 843. The molecule has 128 valence electrons. The van der Waals surface area contributed by atoms with Crippen LogP contribution in [0.3, 0.4) is 0 Å². The Hall–Kier alpha value is -2.82. The molecule has 3 aromatic rings. The molecule has 0 radical (unpaired) electrons. The Balaban J connectivity index is 1.76. The summed E-state index contributed by atoms with van der Waals surface area (Å²) in [5.74, 6) is 1.55. The number of rotatable bonds is 3. The number of hydrogen-bond acceptors (Lipinski definition) is 2. The van der Waals surface area contributed by atoms with E-state index < -0.39 is 0 Å². The second-order valence-electron chi connectivity index (χ2n) is 6.69. The van der Waals surface area contributed by atoms with E-state index >= 15 is 0 Å². The highest BCUT2D eigenvalue weighted by Crippen LogP contribution is 2.24. The van der Waals surface area contributed by atoms with Crippen LogP contribution in [0.15, 0.2) is 61.1 Å². The molecule has 3 heterocycles. The van der Waals surface area contributed by atoms with Gasteiger partial charge in [0.15, 0.2) is 5.82 Å². The lowest BCUT2D eigenvalue weighted by Crippen LogP contribution is -2.38. The van der Waals surface area contributed by atoms with E-state index in [1.165, 1.54) is 0 Å². The fraction of sp³-hybridized carbons (Fsp3) is 0.300. The Labute approximate surface area is 147 Å². The van der Waals surface area contributed by atoms with Crippen LogP contribution >= 0.6 is 0 Å². The van der Waals surface area contributed by atoms with Gasteiger partial charge in [-0.2, -0.15) is 5.10 Å². The number of hydrogen-bond donors (Lipinski definition) is 0. The summed E-state index contributed by atoms with van der Waals surface area (Å²) >= 11 is 0. The maximum absolute atomic E-state index is 13.1. The maximum atomic E-state index is 13.1. The molecule has 1 amide bonds. The molecule has 4 rings (SSSR count). The summed E-state index contributed by atoms with van der Waals surface area (Å²) in [7, 11) is 0. The summed E-state index contributed by atoms with van der Waals surface area (Å²) in [6.07, 6.45) is 7.73. The molecule has 1 aromatic carbocycles. The lowest BCUT2D eigenvalue weighted by Gasteiger charge is -2.30. The van der Waals surface area contributed by atoms with Gasteiger partial charge in [-0.3, -0.25) is 4.79 Å². The fourth-order valence-corrected chi connectivity index (χ4v) is 3.36. The molecule has 5 nitrogen and oxygen atoms in total. The average molecular weight is 334 g/mol. The number of carbonyl (C=O) groups is 1. The summed E-state index contributed by atoms with van der Waals surface area (Å²) in [6.45, 7) is 3.89. The van der Waals surface area contributed by atoms with Crippen molar-refractivity contribution in [3.63, 3.8) is 0 Å². The van der Waals surface area contributed by atoms with Gasteiger partial charge < -0.3 is 9.47 Å². The topological polar surface area (TPSA) is 43.1 Å². The molecule has 0 spiro atoms. The van der Waals surface area contributed by atoms with E-state index in [9.17, 15) is 4.79 Å². The standard InChI is InChI=1S/C20H22N4O/c1-16-9-13-23(14-10-16)20(25)18-15-21-24(17-7-3-2-4-8-17)19(18)22-11-5-6-12-22/h2-8,11-12,15-16H,9-10,13-14H2,1H3. The van der Waals surface area contributed by atoms with Crippen LogP contribution < -0.4 is 0 Å². The number of aromatic nitrogens is 3. The first-order valence-electron chi connectivity index (χ1n) is 8.80. The highest BCUT2D eigenvalue weighted by molar-refractivity contribution is 5.97. The minimum atomic E-state index is 0.0674. The average Bonchev–Trinajstić information content (AvgIpc) is 3.32. The summed E-state index contributed by atoms with van der Waals surface area (Å²) in [6, 6.07) is 13.8. The molecule has 0 bridgehead atoms. The van der Waals surface area contributed by atoms with Gasteiger partial charge in [-0.1, -0.05) is 25.1 Å². The van der Waals surface area contributed by atoms with E-state index in [-0.39, 0.29) is 5.91 Å². The van der Waals surface area contributed by atoms with Gasteiger partial charge in [0.25, 0.3) is 5.91 Å². The normalized spacial score (nSPS) is 15.5. The predicted octanol–water partition coefficient (Wildman–Crippen LogP) is 3.54. The third-order valence-electron chi connectivity index (χ3n) is 4.89. The van der Waals surface area contributed by atoms with Gasteiger partial charge in [-0.15, -0.1) is 0 Å². The zero-order chi connectivity index (χ0) is 17.2. The zero-order valence-corrected chi connectivity index (χ0v) is 14.4. The second kappa shape index (κ2) is 6.59. The molecular formula is C20H22N4O. The quantitative estimate of drug-likeness (QED) is 0.735. The van der Waals surface area contributed by atoms with Crippen LogP contribution in [0.2, 0.25) is 0 Å². The Kier molecular flexibility index (Phi) is 4.14. The van der Waals surface area contributed by atoms with Gasteiger partial charge in [0, 0.05) is 25.5 Å². The first-order chi connectivity index (χ1) is 12.2. The van der Waals surface area contributed by atoms with Crippen LogP contribution in [-0.2, 0) is 0 Å². The molecule has 1 aliphatic rings. The minimum Gasteiger partial charge on any atom is -0.338 e. The van der Waals surface area contributed by atoms with Gasteiger partial charge in [0.1, 0.15) is 5.56 Å². The monoisotopic (exact) mass is 334 g/mol. The number of piperidine rings is 1.